The van der Waals surface area contributed by atoms with Crippen LogP contribution in [0, 0.1) is 0 Å². The molecule has 0 fully saturated rings. The van der Waals surface area contributed by atoms with Gasteiger partial charge in [-0.15, -0.1) is 11.3 Å². The summed E-state index contributed by atoms with van der Waals surface area (Å²) in [5, 5.41) is 2.77. The van der Waals surface area contributed by atoms with E-state index in [2.05, 4.69) is 4.98 Å². The van der Waals surface area contributed by atoms with Gasteiger partial charge in [-0.3, -0.25) is 14.2 Å². The van der Waals surface area contributed by atoms with Gasteiger partial charge in [0.2, 0.25) is 5.91 Å². The molecular formula is C14H14F3N3O2S2. The SMILES string of the molecule is Cn1c(SCC(=O)NCC(F)(F)F)nc2sc3c(c2c1=O)CCC3. The third-order valence-corrected chi connectivity index (χ3v) is 5.94. The second-order valence-corrected chi connectivity index (χ2v) is 7.50. The van der Waals surface area contributed by atoms with E-state index in [9.17, 15) is 22.8 Å². The second kappa shape index (κ2) is 6.40. The average Bonchev–Trinajstić information content (AvgIpc) is 3.06. The average molecular weight is 377 g/mol. The number of hydrogen-bond acceptors (Lipinski definition) is 5. The van der Waals surface area contributed by atoms with E-state index in [0.29, 0.717) is 15.4 Å². The molecule has 130 valence electrons. The van der Waals surface area contributed by atoms with Crippen molar-refractivity contribution in [2.75, 3.05) is 12.3 Å². The van der Waals surface area contributed by atoms with Crippen LogP contribution in [-0.4, -0.2) is 33.9 Å². The van der Waals surface area contributed by atoms with Crippen molar-refractivity contribution in [1.82, 2.24) is 14.9 Å². The van der Waals surface area contributed by atoms with Crippen LogP contribution in [0.15, 0.2) is 9.95 Å². The van der Waals surface area contributed by atoms with Crippen molar-refractivity contribution < 1.29 is 18.0 Å². The van der Waals surface area contributed by atoms with Gasteiger partial charge in [-0.05, 0) is 24.8 Å². The topological polar surface area (TPSA) is 64.0 Å². The largest absolute Gasteiger partial charge is 0.405 e. The summed E-state index contributed by atoms with van der Waals surface area (Å²) < 4.78 is 37.6. The highest BCUT2D eigenvalue weighted by Crippen LogP contribution is 2.35. The highest BCUT2D eigenvalue weighted by atomic mass is 32.2. The van der Waals surface area contributed by atoms with Gasteiger partial charge in [-0.25, -0.2) is 4.98 Å². The minimum Gasteiger partial charge on any atom is -0.346 e. The number of carbonyl (C=O) groups is 1. The van der Waals surface area contributed by atoms with Crippen molar-refractivity contribution in [3.8, 4) is 0 Å². The fourth-order valence-electron chi connectivity index (χ4n) is 2.61. The summed E-state index contributed by atoms with van der Waals surface area (Å²) in [4.78, 5) is 30.3. The van der Waals surface area contributed by atoms with E-state index in [-0.39, 0.29) is 11.3 Å². The van der Waals surface area contributed by atoms with Crippen LogP contribution in [0.25, 0.3) is 10.2 Å². The van der Waals surface area contributed by atoms with Crippen molar-refractivity contribution in [2.45, 2.75) is 30.6 Å². The van der Waals surface area contributed by atoms with Crippen LogP contribution < -0.4 is 10.9 Å². The monoisotopic (exact) mass is 377 g/mol. The number of amides is 1. The van der Waals surface area contributed by atoms with Gasteiger partial charge in [0.1, 0.15) is 11.4 Å². The van der Waals surface area contributed by atoms with Crippen molar-refractivity contribution in [3.05, 3.63) is 20.8 Å². The Morgan fingerprint density at radius 1 is 1.42 bits per heavy atom. The zero-order valence-corrected chi connectivity index (χ0v) is 14.3. The Balaban J connectivity index is 1.77. The number of halogens is 3. The molecule has 1 amide bonds. The second-order valence-electron chi connectivity index (χ2n) is 5.48. The molecule has 0 bridgehead atoms. The lowest BCUT2D eigenvalue weighted by Gasteiger charge is -2.09. The number of alkyl halides is 3. The van der Waals surface area contributed by atoms with Crippen molar-refractivity contribution >= 4 is 39.2 Å². The molecule has 2 aromatic heterocycles. The third kappa shape index (κ3) is 3.44. The summed E-state index contributed by atoms with van der Waals surface area (Å²) in [6.07, 6.45) is -1.58. The molecule has 0 spiro atoms. The quantitative estimate of drug-likeness (QED) is 0.656. The molecule has 2 aromatic rings. The molecule has 0 radical (unpaired) electrons. The van der Waals surface area contributed by atoms with Crippen molar-refractivity contribution in [2.24, 2.45) is 7.05 Å². The molecule has 3 rings (SSSR count). The normalized spacial score (nSPS) is 14.2. The molecule has 0 aliphatic heterocycles. The summed E-state index contributed by atoms with van der Waals surface area (Å²) >= 11 is 2.44. The van der Waals surface area contributed by atoms with Gasteiger partial charge in [0.05, 0.1) is 11.1 Å². The Hall–Kier alpha value is -1.55. The van der Waals surface area contributed by atoms with Gasteiger partial charge in [-0.1, -0.05) is 11.8 Å². The maximum atomic E-state index is 12.5. The predicted octanol–water partition coefficient (Wildman–Crippen LogP) is 2.25. The highest BCUT2D eigenvalue weighted by molar-refractivity contribution is 7.99. The minimum atomic E-state index is -4.44. The van der Waals surface area contributed by atoms with Crippen LogP contribution in [-0.2, 0) is 24.7 Å². The highest BCUT2D eigenvalue weighted by Gasteiger charge is 2.28. The van der Waals surface area contributed by atoms with Crippen LogP contribution in [0.4, 0.5) is 13.2 Å². The van der Waals surface area contributed by atoms with Gasteiger partial charge < -0.3 is 5.32 Å². The number of aromatic nitrogens is 2. The first-order valence-corrected chi connectivity index (χ1v) is 9.04. The molecule has 10 heteroatoms. The van der Waals surface area contributed by atoms with Crippen molar-refractivity contribution in [1.29, 1.82) is 0 Å². The Labute approximate surface area is 143 Å². The number of carbonyl (C=O) groups excluding carboxylic acids is 1. The molecule has 1 aliphatic carbocycles. The lowest BCUT2D eigenvalue weighted by molar-refractivity contribution is -0.136. The van der Waals surface area contributed by atoms with Crippen molar-refractivity contribution in [3.63, 3.8) is 0 Å². The Morgan fingerprint density at radius 3 is 2.88 bits per heavy atom. The molecule has 0 saturated heterocycles. The first kappa shape index (κ1) is 17.3. The fourth-order valence-corrected chi connectivity index (χ4v) is 4.72. The Kier molecular flexibility index (Phi) is 4.60. The molecule has 5 nitrogen and oxygen atoms in total. The number of thiophene rings is 1. The van der Waals surface area contributed by atoms with E-state index in [1.54, 1.807) is 12.4 Å². The van der Waals surface area contributed by atoms with Gasteiger partial charge >= 0.3 is 6.18 Å². The zero-order valence-electron chi connectivity index (χ0n) is 12.7. The molecule has 0 aromatic carbocycles. The molecule has 2 heterocycles. The summed E-state index contributed by atoms with van der Waals surface area (Å²) in [5.74, 6) is -0.979. The number of hydrogen-bond donors (Lipinski definition) is 1. The van der Waals surface area contributed by atoms with Gasteiger partial charge in [0.25, 0.3) is 5.56 Å². The van der Waals surface area contributed by atoms with Crippen LogP contribution in [0.2, 0.25) is 0 Å². The summed E-state index contributed by atoms with van der Waals surface area (Å²) in [6, 6.07) is 0. The lowest BCUT2D eigenvalue weighted by Crippen LogP contribution is -2.34. The third-order valence-electron chi connectivity index (χ3n) is 3.72. The fraction of sp³-hybridized carbons (Fsp3) is 0.500. The van der Waals surface area contributed by atoms with Crippen LogP contribution in [0.1, 0.15) is 16.9 Å². The van der Waals surface area contributed by atoms with E-state index < -0.39 is 18.6 Å². The van der Waals surface area contributed by atoms with Crippen LogP contribution >= 0.6 is 23.1 Å². The number of rotatable bonds is 4. The predicted molar refractivity (Wildman–Crippen MR) is 86.7 cm³/mol. The van der Waals surface area contributed by atoms with Gasteiger partial charge in [0, 0.05) is 11.9 Å². The Bertz CT molecular complexity index is 858. The molecular weight excluding hydrogens is 363 g/mol. The molecule has 1 aliphatic rings. The van der Waals surface area contributed by atoms with Crippen LogP contribution in [0.3, 0.4) is 0 Å². The van der Waals surface area contributed by atoms with Crippen LogP contribution in [0.5, 0.6) is 0 Å². The summed E-state index contributed by atoms with van der Waals surface area (Å²) in [6.45, 7) is -1.37. The first-order valence-electron chi connectivity index (χ1n) is 7.24. The Morgan fingerprint density at radius 2 is 2.17 bits per heavy atom. The van der Waals surface area contributed by atoms with E-state index in [1.807, 2.05) is 0 Å². The molecule has 0 saturated carbocycles. The van der Waals surface area contributed by atoms with E-state index >= 15 is 0 Å². The van der Waals surface area contributed by atoms with E-state index in [0.717, 1.165) is 36.6 Å². The first-order chi connectivity index (χ1) is 11.3. The molecule has 0 unspecified atom stereocenters. The maximum absolute atomic E-state index is 12.5. The number of nitrogens with one attached hydrogen (secondary N) is 1. The number of aryl methyl sites for hydroxylation is 2. The van der Waals surface area contributed by atoms with E-state index in [4.69, 9.17) is 0 Å². The minimum absolute atomic E-state index is 0.169. The standard InChI is InChI=1S/C14H14F3N3O2S2/c1-20-12(22)10-7-3-2-4-8(7)24-11(10)19-13(20)23-5-9(21)18-6-14(15,16)17/h2-6H2,1H3,(H,18,21). The lowest BCUT2D eigenvalue weighted by atomic mass is 10.2. The number of nitrogens with zero attached hydrogens (tertiary/aromatic N) is 2. The van der Waals surface area contributed by atoms with Gasteiger partial charge in [-0.2, -0.15) is 13.2 Å². The summed E-state index contributed by atoms with van der Waals surface area (Å²) in [5.41, 5.74) is 0.903. The molecule has 0 atom stereocenters. The maximum Gasteiger partial charge on any atom is 0.405 e. The summed E-state index contributed by atoms with van der Waals surface area (Å²) in [7, 11) is 1.56. The van der Waals surface area contributed by atoms with Gasteiger partial charge in [0.15, 0.2) is 5.16 Å². The van der Waals surface area contributed by atoms with E-state index in [1.165, 1.54) is 20.8 Å². The number of thioether (sulfide) groups is 1. The zero-order chi connectivity index (χ0) is 17.5. The molecule has 24 heavy (non-hydrogen) atoms. The smallest absolute Gasteiger partial charge is 0.346 e. The molecule has 1 N–H and O–H groups in total. The number of fused-ring (bicyclic) bond motifs is 3.